The van der Waals surface area contributed by atoms with E-state index in [2.05, 4.69) is 15.9 Å². The molecule has 0 fully saturated rings. The minimum Gasteiger partial charge on any atom is -0.478 e. The summed E-state index contributed by atoms with van der Waals surface area (Å²) in [5, 5.41) is 9.29. The third-order valence-electron chi connectivity index (χ3n) is 1.36. The number of aromatic carboxylic acids is 1. The number of halogens is 2. The standard InChI is InChI=1S/C8H7BrO2.BrH/c9-5-6-1-3-7(4-2-6)8(10)11;/h1-4H,5H2,(H,10,11);1H. The summed E-state index contributed by atoms with van der Waals surface area (Å²) in [6.45, 7) is 0. The molecule has 12 heavy (non-hydrogen) atoms. The van der Waals surface area contributed by atoms with Gasteiger partial charge in [-0.3, -0.25) is 0 Å². The van der Waals surface area contributed by atoms with Crippen molar-refractivity contribution >= 4 is 38.9 Å². The average molecular weight is 296 g/mol. The summed E-state index contributed by atoms with van der Waals surface area (Å²) in [6.07, 6.45) is 0. The van der Waals surface area contributed by atoms with Gasteiger partial charge in [0, 0.05) is 5.33 Å². The second-order valence-electron chi connectivity index (χ2n) is 2.14. The fourth-order valence-electron chi connectivity index (χ4n) is 0.736. The Morgan fingerprint density at radius 3 is 2.17 bits per heavy atom. The van der Waals surface area contributed by atoms with Gasteiger partial charge in [0.05, 0.1) is 5.56 Å². The zero-order valence-electron chi connectivity index (χ0n) is 6.16. The summed E-state index contributed by atoms with van der Waals surface area (Å²) in [7, 11) is 0. The van der Waals surface area contributed by atoms with Crippen molar-refractivity contribution < 1.29 is 9.90 Å². The van der Waals surface area contributed by atoms with Crippen LogP contribution in [0.4, 0.5) is 0 Å². The van der Waals surface area contributed by atoms with Crippen molar-refractivity contribution in [3.05, 3.63) is 35.4 Å². The molecule has 0 bridgehead atoms. The SMILES string of the molecule is Br.O=C(O)c1ccc(CBr)cc1. The van der Waals surface area contributed by atoms with Gasteiger partial charge in [0.1, 0.15) is 0 Å². The Morgan fingerprint density at radius 2 is 1.83 bits per heavy atom. The van der Waals surface area contributed by atoms with E-state index in [1.807, 2.05) is 0 Å². The van der Waals surface area contributed by atoms with Gasteiger partial charge in [0.2, 0.25) is 0 Å². The molecular formula is C8H8Br2O2. The number of carboxylic acids is 1. The Hall–Kier alpha value is -0.350. The van der Waals surface area contributed by atoms with E-state index < -0.39 is 5.97 Å². The number of hydrogen-bond acceptors (Lipinski definition) is 1. The highest BCUT2D eigenvalue weighted by Crippen LogP contribution is 2.07. The number of alkyl halides is 1. The van der Waals surface area contributed by atoms with Gasteiger partial charge in [-0.25, -0.2) is 4.79 Å². The van der Waals surface area contributed by atoms with Gasteiger partial charge in [-0.1, -0.05) is 28.1 Å². The largest absolute Gasteiger partial charge is 0.478 e. The van der Waals surface area contributed by atoms with Crippen LogP contribution in [-0.2, 0) is 5.33 Å². The molecule has 0 radical (unpaired) electrons. The molecule has 4 heteroatoms. The molecule has 2 nitrogen and oxygen atoms in total. The van der Waals surface area contributed by atoms with E-state index in [-0.39, 0.29) is 17.0 Å². The number of carboxylic acid groups (broad SMARTS) is 1. The smallest absolute Gasteiger partial charge is 0.335 e. The number of benzene rings is 1. The maximum Gasteiger partial charge on any atom is 0.335 e. The molecule has 0 amide bonds. The molecule has 0 atom stereocenters. The zero-order valence-corrected chi connectivity index (χ0v) is 9.46. The molecule has 1 aromatic rings. The molecule has 0 aliphatic rings. The van der Waals surface area contributed by atoms with E-state index in [9.17, 15) is 4.79 Å². The number of hydrogen-bond donors (Lipinski definition) is 1. The monoisotopic (exact) mass is 294 g/mol. The molecule has 0 spiro atoms. The number of carbonyl (C=O) groups is 1. The molecule has 66 valence electrons. The Morgan fingerprint density at radius 1 is 1.33 bits per heavy atom. The lowest BCUT2D eigenvalue weighted by atomic mass is 10.2. The van der Waals surface area contributed by atoms with Crippen molar-refractivity contribution in [2.24, 2.45) is 0 Å². The fraction of sp³-hybridized carbons (Fsp3) is 0.125. The van der Waals surface area contributed by atoms with E-state index in [1.165, 1.54) is 0 Å². The maximum atomic E-state index is 10.4. The molecule has 0 heterocycles. The summed E-state index contributed by atoms with van der Waals surface area (Å²) in [6, 6.07) is 6.77. The lowest BCUT2D eigenvalue weighted by Gasteiger charge is -1.95. The van der Waals surface area contributed by atoms with Crippen LogP contribution in [0, 0.1) is 0 Å². The first-order valence-electron chi connectivity index (χ1n) is 3.12. The predicted molar refractivity (Wildman–Crippen MR) is 56.4 cm³/mol. The van der Waals surface area contributed by atoms with E-state index >= 15 is 0 Å². The van der Waals surface area contributed by atoms with Crippen LogP contribution in [0.2, 0.25) is 0 Å². The molecule has 0 unspecified atom stereocenters. The van der Waals surface area contributed by atoms with Crippen molar-refractivity contribution in [1.82, 2.24) is 0 Å². The van der Waals surface area contributed by atoms with Crippen molar-refractivity contribution in [2.75, 3.05) is 0 Å². The van der Waals surface area contributed by atoms with Gasteiger partial charge >= 0.3 is 5.97 Å². The van der Waals surface area contributed by atoms with Crippen LogP contribution in [-0.4, -0.2) is 11.1 Å². The Balaban J connectivity index is 0.00000121. The second-order valence-corrected chi connectivity index (χ2v) is 2.70. The van der Waals surface area contributed by atoms with Crippen molar-refractivity contribution in [3.8, 4) is 0 Å². The maximum absolute atomic E-state index is 10.4. The third-order valence-corrected chi connectivity index (χ3v) is 2.00. The highest BCUT2D eigenvalue weighted by atomic mass is 79.9. The second kappa shape index (κ2) is 5.32. The van der Waals surface area contributed by atoms with Gasteiger partial charge in [0.15, 0.2) is 0 Å². The highest BCUT2D eigenvalue weighted by Gasteiger charge is 1.99. The molecule has 0 saturated heterocycles. The lowest BCUT2D eigenvalue weighted by molar-refractivity contribution is 0.0697. The first-order valence-corrected chi connectivity index (χ1v) is 4.24. The molecule has 1 rings (SSSR count). The van der Waals surface area contributed by atoms with Gasteiger partial charge < -0.3 is 5.11 Å². The molecule has 0 saturated carbocycles. The van der Waals surface area contributed by atoms with Gasteiger partial charge in [-0.15, -0.1) is 17.0 Å². The normalized spacial score (nSPS) is 8.75. The van der Waals surface area contributed by atoms with Gasteiger partial charge in [-0.2, -0.15) is 0 Å². The van der Waals surface area contributed by atoms with Gasteiger partial charge in [-0.05, 0) is 17.7 Å². The molecule has 1 aromatic carbocycles. The van der Waals surface area contributed by atoms with Crippen molar-refractivity contribution in [2.45, 2.75) is 5.33 Å². The average Bonchev–Trinajstić information content (AvgIpc) is 2.05. The van der Waals surface area contributed by atoms with Crippen LogP contribution in [0.5, 0.6) is 0 Å². The topological polar surface area (TPSA) is 37.3 Å². The van der Waals surface area contributed by atoms with Crippen LogP contribution in [0.25, 0.3) is 0 Å². The summed E-state index contributed by atoms with van der Waals surface area (Å²) in [5.41, 5.74) is 1.41. The first kappa shape index (κ1) is 11.6. The highest BCUT2D eigenvalue weighted by molar-refractivity contribution is 9.08. The Bertz CT molecular complexity index is 256. The quantitative estimate of drug-likeness (QED) is 0.852. The van der Waals surface area contributed by atoms with E-state index in [0.717, 1.165) is 10.9 Å². The molecule has 0 aromatic heterocycles. The van der Waals surface area contributed by atoms with Crippen LogP contribution < -0.4 is 0 Å². The van der Waals surface area contributed by atoms with Gasteiger partial charge in [0.25, 0.3) is 0 Å². The lowest BCUT2D eigenvalue weighted by Crippen LogP contribution is -1.95. The van der Waals surface area contributed by atoms with Crippen LogP contribution in [0.1, 0.15) is 15.9 Å². The Kier molecular flexibility index (Phi) is 5.17. The van der Waals surface area contributed by atoms with E-state index in [0.29, 0.717) is 5.56 Å². The molecule has 0 aliphatic carbocycles. The Labute approximate surface area is 89.5 Å². The van der Waals surface area contributed by atoms with E-state index in [1.54, 1.807) is 24.3 Å². The minimum atomic E-state index is -0.883. The summed E-state index contributed by atoms with van der Waals surface area (Å²) in [4.78, 5) is 10.4. The molecule has 0 aliphatic heterocycles. The first-order chi connectivity index (χ1) is 5.24. The molecular weight excluding hydrogens is 288 g/mol. The van der Waals surface area contributed by atoms with Crippen LogP contribution >= 0.6 is 32.9 Å². The van der Waals surface area contributed by atoms with Crippen LogP contribution in [0.3, 0.4) is 0 Å². The summed E-state index contributed by atoms with van der Waals surface area (Å²) >= 11 is 3.27. The predicted octanol–water partition coefficient (Wildman–Crippen LogP) is 2.86. The minimum absolute atomic E-state index is 0. The number of rotatable bonds is 2. The van der Waals surface area contributed by atoms with Crippen molar-refractivity contribution in [1.29, 1.82) is 0 Å². The van der Waals surface area contributed by atoms with Crippen molar-refractivity contribution in [3.63, 3.8) is 0 Å². The molecule has 1 N–H and O–H groups in total. The summed E-state index contributed by atoms with van der Waals surface area (Å²) < 4.78 is 0. The van der Waals surface area contributed by atoms with E-state index in [4.69, 9.17) is 5.11 Å². The zero-order chi connectivity index (χ0) is 8.27. The van der Waals surface area contributed by atoms with Crippen LogP contribution in [0.15, 0.2) is 24.3 Å². The fourth-order valence-corrected chi connectivity index (χ4v) is 1.11. The summed E-state index contributed by atoms with van der Waals surface area (Å²) in [5.74, 6) is -0.883. The third kappa shape index (κ3) is 2.95.